The number of nitrogens with zero attached hydrogens (tertiary/aromatic N) is 4. The first-order valence-electron chi connectivity index (χ1n) is 4.75. The zero-order chi connectivity index (χ0) is 12.3. The van der Waals surface area contributed by atoms with Crippen LogP contribution in [0.25, 0.3) is 10.7 Å². The highest BCUT2D eigenvalue weighted by molar-refractivity contribution is 7.99. The van der Waals surface area contributed by atoms with E-state index in [4.69, 9.17) is 10.9 Å². The van der Waals surface area contributed by atoms with Crippen LogP contribution < -0.4 is 5.73 Å². The predicted octanol–water partition coefficient (Wildman–Crippen LogP) is 1.38. The van der Waals surface area contributed by atoms with E-state index in [0.29, 0.717) is 5.75 Å². The third kappa shape index (κ3) is 2.59. The number of rotatable bonds is 4. The summed E-state index contributed by atoms with van der Waals surface area (Å²) >= 11 is 2.99. The summed E-state index contributed by atoms with van der Waals surface area (Å²) in [6.45, 7) is 0. The molecule has 0 aromatic carbocycles. The van der Waals surface area contributed by atoms with Crippen molar-refractivity contribution in [1.82, 2.24) is 14.8 Å². The van der Waals surface area contributed by atoms with Crippen LogP contribution in [0.1, 0.15) is 0 Å². The highest BCUT2D eigenvalue weighted by Gasteiger charge is 2.12. The Bertz CT molecular complexity index is 519. The molecule has 0 saturated carbocycles. The minimum Gasteiger partial charge on any atom is -0.409 e. The lowest BCUT2D eigenvalue weighted by Gasteiger charge is -2.01. The molecule has 0 spiro atoms. The molecule has 2 heterocycles. The van der Waals surface area contributed by atoms with Crippen LogP contribution in [0.3, 0.4) is 0 Å². The van der Waals surface area contributed by atoms with Gasteiger partial charge in [0.15, 0.2) is 11.0 Å². The molecule has 0 atom stereocenters. The summed E-state index contributed by atoms with van der Waals surface area (Å²) in [4.78, 5) is 1.07. The van der Waals surface area contributed by atoms with Crippen molar-refractivity contribution in [2.75, 3.05) is 5.75 Å². The highest BCUT2D eigenvalue weighted by atomic mass is 32.2. The number of thiophene rings is 1. The van der Waals surface area contributed by atoms with Gasteiger partial charge in [-0.05, 0) is 11.4 Å². The smallest absolute Gasteiger partial charge is 0.191 e. The van der Waals surface area contributed by atoms with E-state index in [9.17, 15) is 0 Å². The van der Waals surface area contributed by atoms with Crippen LogP contribution in [0.5, 0.6) is 0 Å². The van der Waals surface area contributed by atoms with E-state index < -0.39 is 0 Å². The third-order valence-electron chi connectivity index (χ3n) is 2.05. The number of oxime groups is 1. The molecule has 0 radical (unpaired) electrons. The Morgan fingerprint density at radius 2 is 2.47 bits per heavy atom. The average Bonchev–Trinajstić information content (AvgIpc) is 2.95. The standard InChI is InChI=1S/C9H11N5OS2/c1-14-8(6-3-2-4-16-6)11-12-9(14)17-5-7(10)13-15/h2-4,15H,5H2,1H3,(H2,10,13). The minimum absolute atomic E-state index is 0.163. The van der Waals surface area contributed by atoms with Crippen LogP contribution in [0.4, 0.5) is 0 Å². The third-order valence-corrected chi connectivity index (χ3v) is 3.97. The molecule has 2 aromatic heterocycles. The zero-order valence-electron chi connectivity index (χ0n) is 9.07. The molecular weight excluding hydrogens is 258 g/mol. The van der Waals surface area contributed by atoms with E-state index in [0.717, 1.165) is 15.9 Å². The number of amidine groups is 1. The number of aromatic nitrogens is 3. The normalized spacial score (nSPS) is 11.9. The molecule has 0 aliphatic rings. The second kappa shape index (κ2) is 5.19. The van der Waals surface area contributed by atoms with Crippen molar-refractivity contribution in [2.45, 2.75) is 5.16 Å². The van der Waals surface area contributed by atoms with Crippen molar-refractivity contribution >= 4 is 28.9 Å². The zero-order valence-corrected chi connectivity index (χ0v) is 10.7. The van der Waals surface area contributed by atoms with Crippen molar-refractivity contribution in [1.29, 1.82) is 0 Å². The Kier molecular flexibility index (Phi) is 3.64. The maximum absolute atomic E-state index is 8.45. The van der Waals surface area contributed by atoms with Gasteiger partial charge in [-0.15, -0.1) is 21.5 Å². The lowest BCUT2D eigenvalue weighted by atomic mass is 10.4. The molecule has 2 rings (SSSR count). The number of hydrogen-bond acceptors (Lipinski definition) is 6. The first-order chi connectivity index (χ1) is 8.22. The SMILES string of the molecule is Cn1c(SCC(N)=NO)nnc1-c1cccs1. The van der Waals surface area contributed by atoms with Crippen LogP contribution in [0.15, 0.2) is 27.8 Å². The van der Waals surface area contributed by atoms with Crippen LogP contribution >= 0.6 is 23.1 Å². The Labute approximate surface area is 106 Å². The van der Waals surface area contributed by atoms with Crippen LogP contribution in [-0.4, -0.2) is 31.6 Å². The van der Waals surface area contributed by atoms with Crippen LogP contribution in [0, 0.1) is 0 Å². The van der Waals surface area contributed by atoms with Gasteiger partial charge in [0.25, 0.3) is 0 Å². The van der Waals surface area contributed by atoms with Gasteiger partial charge in [0, 0.05) is 7.05 Å². The second-order valence-electron chi connectivity index (χ2n) is 3.22. The average molecular weight is 269 g/mol. The van der Waals surface area contributed by atoms with Gasteiger partial charge >= 0.3 is 0 Å². The molecule has 3 N–H and O–H groups in total. The molecule has 0 bridgehead atoms. The summed E-state index contributed by atoms with van der Waals surface area (Å²) in [5, 5.41) is 22.3. The van der Waals surface area contributed by atoms with Gasteiger partial charge in [0.2, 0.25) is 0 Å². The summed E-state index contributed by atoms with van der Waals surface area (Å²) < 4.78 is 1.89. The van der Waals surface area contributed by atoms with Gasteiger partial charge in [-0.25, -0.2) is 0 Å². The number of nitrogens with two attached hydrogens (primary N) is 1. The van der Waals surface area contributed by atoms with Gasteiger partial charge in [-0.3, -0.25) is 0 Å². The molecule has 2 aromatic rings. The summed E-state index contributed by atoms with van der Waals surface area (Å²) in [7, 11) is 1.89. The van der Waals surface area contributed by atoms with E-state index in [1.54, 1.807) is 11.3 Å². The van der Waals surface area contributed by atoms with Crippen molar-refractivity contribution in [3.8, 4) is 10.7 Å². The van der Waals surface area contributed by atoms with E-state index in [2.05, 4.69) is 15.4 Å². The van der Waals surface area contributed by atoms with Crippen LogP contribution in [-0.2, 0) is 7.05 Å². The summed E-state index contributed by atoms with van der Waals surface area (Å²) in [5.41, 5.74) is 5.40. The summed E-state index contributed by atoms with van der Waals surface area (Å²) in [6, 6.07) is 3.96. The molecule has 0 aliphatic carbocycles. The van der Waals surface area contributed by atoms with Gasteiger partial charge in [-0.1, -0.05) is 23.0 Å². The first-order valence-corrected chi connectivity index (χ1v) is 6.61. The molecule has 17 heavy (non-hydrogen) atoms. The van der Waals surface area contributed by atoms with Gasteiger partial charge in [0.05, 0.1) is 10.6 Å². The molecule has 0 fully saturated rings. The monoisotopic (exact) mass is 269 g/mol. The lowest BCUT2D eigenvalue weighted by Crippen LogP contribution is -2.14. The van der Waals surface area contributed by atoms with Gasteiger partial charge in [-0.2, -0.15) is 0 Å². The molecule has 6 nitrogen and oxygen atoms in total. The quantitative estimate of drug-likeness (QED) is 0.288. The van der Waals surface area contributed by atoms with E-state index in [-0.39, 0.29) is 5.84 Å². The van der Waals surface area contributed by atoms with Crippen molar-refractivity contribution in [2.24, 2.45) is 17.9 Å². The highest BCUT2D eigenvalue weighted by Crippen LogP contribution is 2.25. The Balaban J connectivity index is 2.16. The fourth-order valence-corrected chi connectivity index (χ4v) is 2.69. The van der Waals surface area contributed by atoms with Crippen molar-refractivity contribution < 1.29 is 5.21 Å². The Morgan fingerprint density at radius 3 is 3.12 bits per heavy atom. The maximum Gasteiger partial charge on any atom is 0.191 e. The number of thioether (sulfide) groups is 1. The minimum atomic E-state index is 0.163. The first kappa shape index (κ1) is 11.9. The number of hydrogen-bond donors (Lipinski definition) is 2. The Morgan fingerprint density at radius 1 is 1.65 bits per heavy atom. The molecule has 0 saturated heterocycles. The van der Waals surface area contributed by atoms with Gasteiger partial charge in [0.1, 0.15) is 5.84 Å². The molecule has 0 aliphatic heterocycles. The molecule has 8 heteroatoms. The van der Waals surface area contributed by atoms with Crippen LogP contribution in [0.2, 0.25) is 0 Å². The molecule has 0 amide bonds. The van der Waals surface area contributed by atoms with E-state index >= 15 is 0 Å². The summed E-state index contributed by atoms with van der Waals surface area (Å²) in [6.07, 6.45) is 0. The largest absolute Gasteiger partial charge is 0.409 e. The Hall–Kier alpha value is -1.54. The molecule has 0 unspecified atom stereocenters. The fraction of sp³-hybridized carbons (Fsp3) is 0.222. The molecular formula is C9H11N5OS2. The van der Waals surface area contributed by atoms with Crippen molar-refractivity contribution in [3.05, 3.63) is 17.5 Å². The maximum atomic E-state index is 8.45. The topological polar surface area (TPSA) is 89.3 Å². The van der Waals surface area contributed by atoms with Crippen molar-refractivity contribution in [3.63, 3.8) is 0 Å². The van der Waals surface area contributed by atoms with E-state index in [1.807, 2.05) is 29.1 Å². The van der Waals surface area contributed by atoms with E-state index in [1.165, 1.54) is 11.8 Å². The second-order valence-corrected chi connectivity index (χ2v) is 5.11. The predicted molar refractivity (Wildman–Crippen MR) is 68.4 cm³/mol. The fourth-order valence-electron chi connectivity index (χ4n) is 1.23. The van der Waals surface area contributed by atoms with Gasteiger partial charge < -0.3 is 15.5 Å². The summed E-state index contributed by atoms with van der Waals surface area (Å²) in [5.74, 6) is 1.37. The molecule has 90 valence electrons. The lowest BCUT2D eigenvalue weighted by molar-refractivity contribution is 0.318.